The molecule has 61 heavy (non-hydrogen) atoms. The minimum absolute atomic E-state index is 0.0208. The van der Waals surface area contributed by atoms with Gasteiger partial charge >= 0.3 is 12.0 Å². The largest absolute Gasteiger partial charge is 0.493 e. The van der Waals surface area contributed by atoms with Crippen molar-refractivity contribution in [3.63, 3.8) is 0 Å². The summed E-state index contributed by atoms with van der Waals surface area (Å²) in [5.74, 6) is 2.21. The number of ether oxygens (including phenoxy) is 6. The van der Waals surface area contributed by atoms with Crippen LogP contribution in [0.4, 0.5) is 16.2 Å². The van der Waals surface area contributed by atoms with Gasteiger partial charge in [-0.3, -0.25) is 14.4 Å². The Kier molecular flexibility index (Phi) is 15.1. The van der Waals surface area contributed by atoms with E-state index in [2.05, 4.69) is 21.3 Å². The van der Waals surface area contributed by atoms with Crippen LogP contribution in [0.3, 0.4) is 0 Å². The molecule has 0 unspecified atom stereocenters. The van der Waals surface area contributed by atoms with Gasteiger partial charge < -0.3 is 60.5 Å². The molecule has 4 aromatic carbocycles. The number of aliphatic carboxylic acids is 1. The van der Waals surface area contributed by atoms with Gasteiger partial charge in [0, 0.05) is 49.3 Å². The van der Waals surface area contributed by atoms with E-state index in [1.807, 2.05) is 42.5 Å². The number of methoxy groups -OCH3 is 6. The van der Waals surface area contributed by atoms with E-state index >= 15 is 0 Å². The van der Waals surface area contributed by atoms with Crippen LogP contribution < -0.4 is 55.4 Å². The van der Waals surface area contributed by atoms with Crippen molar-refractivity contribution in [2.75, 3.05) is 60.3 Å². The monoisotopic (exact) mass is 841 g/mol. The first-order valence-electron chi connectivity index (χ1n) is 19.8. The molecule has 2 atom stereocenters. The second-order valence-corrected chi connectivity index (χ2v) is 14.5. The molecule has 0 heterocycles. The molecule has 0 saturated heterocycles. The highest BCUT2D eigenvalue weighted by Crippen LogP contribution is 2.52. The van der Waals surface area contributed by atoms with E-state index in [0.29, 0.717) is 65.1 Å². The summed E-state index contributed by atoms with van der Waals surface area (Å²) in [6, 6.07) is 14.3. The number of carboxylic acids is 1. The summed E-state index contributed by atoms with van der Waals surface area (Å²) in [6.45, 7) is 3.23. The van der Waals surface area contributed by atoms with E-state index in [-0.39, 0.29) is 36.9 Å². The summed E-state index contributed by atoms with van der Waals surface area (Å²) in [7, 11) is 9.50. The molecule has 2 aliphatic rings. The molecule has 0 aliphatic heterocycles. The van der Waals surface area contributed by atoms with Crippen LogP contribution in [0.5, 0.6) is 34.5 Å². The highest BCUT2D eigenvalue weighted by molar-refractivity contribution is 5.91. The Morgan fingerprint density at radius 3 is 1.57 bits per heavy atom. The number of anilines is 2. The third-order valence-electron chi connectivity index (χ3n) is 10.5. The van der Waals surface area contributed by atoms with Gasteiger partial charge in [-0.05, 0) is 102 Å². The number of hydrogen-bond acceptors (Lipinski definition) is 11. The number of urea groups is 1. The molecule has 4 amide bonds. The predicted octanol–water partition coefficient (Wildman–Crippen LogP) is 6.57. The molecule has 7 N–H and O–H groups in total. The van der Waals surface area contributed by atoms with Crippen LogP contribution in [0.1, 0.15) is 73.9 Å². The summed E-state index contributed by atoms with van der Waals surface area (Å²) in [5, 5.41) is 20.2. The number of fused-ring (bicyclic) bond motifs is 6. The van der Waals surface area contributed by atoms with Crippen molar-refractivity contribution in [3.8, 4) is 56.8 Å². The smallest absolute Gasteiger partial charge is 0.319 e. The first-order chi connectivity index (χ1) is 29.3. The Bertz CT molecular complexity index is 2280. The zero-order valence-electron chi connectivity index (χ0n) is 35.8. The van der Waals surface area contributed by atoms with Gasteiger partial charge in [-0.2, -0.15) is 0 Å². The van der Waals surface area contributed by atoms with Crippen molar-refractivity contribution < 1.29 is 52.7 Å². The molecule has 0 spiro atoms. The second kappa shape index (κ2) is 20.4. The predicted molar refractivity (Wildman–Crippen MR) is 231 cm³/mol. The Morgan fingerprint density at radius 2 is 1.13 bits per heavy atom. The van der Waals surface area contributed by atoms with E-state index in [4.69, 9.17) is 39.3 Å². The second-order valence-electron chi connectivity index (χ2n) is 14.5. The summed E-state index contributed by atoms with van der Waals surface area (Å²) in [5.41, 5.74) is 14.7. The number of nitrogen functional groups attached to an aromatic ring is 1. The van der Waals surface area contributed by atoms with E-state index < -0.39 is 12.0 Å². The van der Waals surface area contributed by atoms with Crippen LogP contribution in [-0.2, 0) is 27.2 Å². The van der Waals surface area contributed by atoms with Crippen LogP contribution >= 0.6 is 0 Å². The lowest BCUT2D eigenvalue weighted by atomic mass is 9.93. The van der Waals surface area contributed by atoms with Crippen molar-refractivity contribution in [2.24, 2.45) is 0 Å². The molecule has 326 valence electrons. The number of carbonyl (C=O) groups is 4. The van der Waals surface area contributed by atoms with Crippen LogP contribution in [0.25, 0.3) is 22.3 Å². The fourth-order valence-corrected chi connectivity index (χ4v) is 7.97. The lowest BCUT2D eigenvalue weighted by Gasteiger charge is -2.22. The molecule has 4 aromatic rings. The minimum Gasteiger partial charge on any atom is -0.493 e. The number of hydrogen-bond donors (Lipinski definition) is 6. The van der Waals surface area contributed by atoms with Crippen LogP contribution in [-0.4, -0.2) is 78.1 Å². The topological polar surface area (TPSA) is 218 Å². The molecule has 6 rings (SSSR count). The van der Waals surface area contributed by atoms with Crippen LogP contribution in [0.2, 0.25) is 0 Å². The van der Waals surface area contributed by atoms with Gasteiger partial charge in [0.1, 0.15) is 0 Å². The average Bonchev–Trinajstić information content (AvgIpc) is 3.47. The maximum Gasteiger partial charge on any atom is 0.319 e. The van der Waals surface area contributed by atoms with Gasteiger partial charge in [-0.1, -0.05) is 12.1 Å². The molecular weight excluding hydrogens is 787 g/mol. The molecule has 0 radical (unpaired) electrons. The molecule has 0 fully saturated rings. The van der Waals surface area contributed by atoms with E-state index in [0.717, 1.165) is 57.3 Å². The van der Waals surface area contributed by atoms with Crippen LogP contribution in [0, 0.1) is 0 Å². The van der Waals surface area contributed by atoms with E-state index in [9.17, 15) is 19.2 Å². The zero-order chi connectivity index (χ0) is 44.4. The van der Waals surface area contributed by atoms with Crippen molar-refractivity contribution in [1.82, 2.24) is 16.0 Å². The Balaban J connectivity index is 0.000000241. The molecule has 0 saturated carbocycles. The zero-order valence-corrected chi connectivity index (χ0v) is 35.8. The van der Waals surface area contributed by atoms with Gasteiger partial charge in [0.15, 0.2) is 23.0 Å². The molecule has 0 bridgehead atoms. The molecule has 16 nitrogen and oxygen atoms in total. The number of aryl methyl sites for hydroxylation is 2. The number of nitrogens with two attached hydrogens (primary N) is 1. The van der Waals surface area contributed by atoms with Crippen molar-refractivity contribution in [3.05, 3.63) is 70.8 Å². The summed E-state index contributed by atoms with van der Waals surface area (Å²) in [6.07, 6.45) is 3.10. The highest BCUT2D eigenvalue weighted by Gasteiger charge is 2.31. The SMILES string of the molecule is COc1cc2c(c(OC)c1OC)-c1ccc(N)cc1[C@@H](NC(C)=O)CC2.COc1cc2c(c(OC)c1OC)-c1ccc(NC(=O)NCCCC(=O)O)cc1[C@@H](NC(C)=O)CC2. The third-order valence-corrected chi connectivity index (χ3v) is 10.5. The summed E-state index contributed by atoms with van der Waals surface area (Å²) in [4.78, 5) is 46.6. The lowest BCUT2D eigenvalue weighted by molar-refractivity contribution is -0.137. The van der Waals surface area contributed by atoms with Gasteiger partial charge in [0.25, 0.3) is 0 Å². The Morgan fingerprint density at radius 1 is 0.656 bits per heavy atom. The van der Waals surface area contributed by atoms with Crippen molar-refractivity contribution in [1.29, 1.82) is 0 Å². The minimum atomic E-state index is -0.910. The molecule has 0 aromatic heterocycles. The van der Waals surface area contributed by atoms with Gasteiger partial charge in [0.2, 0.25) is 23.3 Å². The maximum atomic E-state index is 12.3. The Hall–Kier alpha value is -6.84. The fraction of sp³-hybridized carbons (Fsp3) is 0.378. The standard InChI is InChI=1S/C25H31N3O7.C20H24N2O4/c1-14(29)27-19-10-7-15-12-20(33-2)23(34-3)24(35-4)22(15)17-9-8-16(13-18(17)19)28-25(32)26-11-5-6-21(30)31;1-11(23)22-16-8-5-12-9-17(24-2)19(25-3)20(26-4)18(12)14-7-6-13(21)10-15(14)16/h8-9,12-13,19H,5-7,10-11H2,1-4H3,(H,27,29)(H,30,31)(H2,26,28,32);6-7,9-10,16H,5,8,21H2,1-4H3,(H,22,23)/t19-;16-/m00/s1. The highest BCUT2D eigenvalue weighted by atomic mass is 16.5. The van der Waals surface area contributed by atoms with Crippen LogP contribution in [0.15, 0.2) is 48.5 Å². The number of rotatable bonds is 13. The number of nitrogens with one attached hydrogen (secondary N) is 4. The first-order valence-corrected chi connectivity index (χ1v) is 19.8. The maximum absolute atomic E-state index is 12.3. The Labute approximate surface area is 355 Å². The van der Waals surface area contributed by atoms with Crippen molar-refractivity contribution >= 4 is 35.2 Å². The van der Waals surface area contributed by atoms with Gasteiger partial charge in [0.05, 0.1) is 54.7 Å². The quantitative estimate of drug-likeness (QED) is 0.0622. The number of carbonyl (C=O) groups excluding carboxylic acids is 3. The number of benzene rings is 4. The first kappa shape index (κ1) is 45.2. The normalized spacial score (nSPS) is 14.6. The summed E-state index contributed by atoms with van der Waals surface area (Å²) < 4.78 is 33.6. The molecular formula is C45H55N5O11. The molecule has 2 aliphatic carbocycles. The fourth-order valence-electron chi connectivity index (χ4n) is 7.97. The van der Waals surface area contributed by atoms with Gasteiger partial charge in [-0.15, -0.1) is 0 Å². The van der Waals surface area contributed by atoms with Crippen molar-refractivity contribution in [2.45, 2.75) is 64.5 Å². The molecule has 16 heteroatoms. The average molecular weight is 842 g/mol. The lowest BCUT2D eigenvalue weighted by Crippen LogP contribution is -2.30. The number of amides is 4. The van der Waals surface area contributed by atoms with E-state index in [1.54, 1.807) is 48.7 Å². The summed E-state index contributed by atoms with van der Waals surface area (Å²) >= 11 is 0. The van der Waals surface area contributed by atoms with E-state index in [1.165, 1.54) is 13.8 Å². The van der Waals surface area contributed by atoms with Gasteiger partial charge in [-0.25, -0.2) is 4.79 Å². The number of carboxylic acid groups (broad SMARTS) is 1. The third kappa shape index (κ3) is 10.3.